The molecule has 1 saturated heterocycles. The molecule has 1 aromatic heterocycles. The van der Waals surface area contributed by atoms with Crippen LogP contribution < -0.4 is 4.74 Å². The predicted molar refractivity (Wildman–Crippen MR) is 116 cm³/mol. The smallest absolute Gasteiger partial charge is 0.243 e. The molecular weight excluding hydrogens is 438 g/mol. The molecule has 0 bridgehead atoms. The summed E-state index contributed by atoms with van der Waals surface area (Å²) < 4.78 is 63.6. The van der Waals surface area contributed by atoms with Crippen molar-refractivity contribution in [1.29, 1.82) is 0 Å². The average Bonchev–Trinajstić information content (AvgIpc) is 3.37. The Morgan fingerprint density at radius 2 is 1.81 bits per heavy atom. The number of aldehydes is 1. The zero-order chi connectivity index (χ0) is 23.0. The molecule has 2 aromatic carbocycles. The van der Waals surface area contributed by atoms with Crippen LogP contribution in [0.3, 0.4) is 0 Å². The second-order valence-electron chi connectivity index (χ2n) is 8.14. The van der Waals surface area contributed by atoms with Gasteiger partial charge in [-0.25, -0.2) is 17.2 Å². The predicted octanol–water partition coefficient (Wildman–Crippen LogP) is 4.08. The maximum absolute atomic E-state index is 14.6. The molecular formula is C23H24F2N2O4S. The van der Waals surface area contributed by atoms with E-state index in [9.17, 15) is 22.0 Å². The number of carbonyl (C=O) groups is 1. The van der Waals surface area contributed by atoms with Crippen molar-refractivity contribution in [2.75, 3.05) is 13.1 Å². The Morgan fingerprint density at radius 1 is 1.12 bits per heavy atom. The minimum absolute atomic E-state index is 0.0224. The van der Waals surface area contributed by atoms with Crippen LogP contribution in [0.4, 0.5) is 8.78 Å². The monoisotopic (exact) mass is 462 g/mol. The quantitative estimate of drug-likeness (QED) is 0.496. The molecule has 1 aliphatic heterocycles. The first kappa shape index (κ1) is 22.4. The van der Waals surface area contributed by atoms with E-state index < -0.39 is 21.7 Å². The number of halogens is 2. The third-order valence-corrected chi connectivity index (χ3v) is 7.52. The molecule has 1 aliphatic rings. The van der Waals surface area contributed by atoms with Crippen LogP contribution in [0.1, 0.15) is 31.7 Å². The normalized spacial score (nSPS) is 17.3. The fourth-order valence-electron chi connectivity index (χ4n) is 4.24. The van der Waals surface area contributed by atoms with Crippen LogP contribution in [0.25, 0.3) is 10.9 Å². The lowest BCUT2D eigenvalue weighted by atomic mass is 9.97. The first-order chi connectivity index (χ1) is 15.2. The van der Waals surface area contributed by atoms with Crippen molar-refractivity contribution in [2.45, 2.75) is 43.7 Å². The fourth-order valence-corrected chi connectivity index (χ4v) is 5.74. The average molecular weight is 463 g/mol. The van der Waals surface area contributed by atoms with Gasteiger partial charge in [-0.2, -0.15) is 4.31 Å². The number of hydrogen-bond acceptors (Lipinski definition) is 4. The van der Waals surface area contributed by atoms with Gasteiger partial charge in [0.2, 0.25) is 10.0 Å². The lowest BCUT2D eigenvalue weighted by Gasteiger charge is -2.17. The highest BCUT2D eigenvalue weighted by molar-refractivity contribution is 7.89. The topological polar surface area (TPSA) is 68.6 Å². The van der Waals surface area contributed by atoms with E-state index in [1.807, 2.05) is 13.8 Å². The van der Waals surface area contributed by atoms with Crippen LogP contribution in [0.2, 0.25) is 0 Å². The molecule has 1 atom stereocenters. The van der Waals surface area contributed by atoms with Crippen LogP contribution >= 0.6 is 0 Å². The van der Waals surface area contributed by atoms with Gasteiger partial charge in [-0.15, -0.1) is 0 Å². The molecule has 9 heteroatoms. The van der Waals surface area contributed by atoms with Crippen molar-refractivity contribution >= 4 is 27.2 Å². The Balaban J connectivity index is 1.63. The SMILES string of the molecule is CC(C)Oc1ccc(S(=O)(=O)N2CCC(c3cn(CC=O)c4c(F)ccc(F)c34)C2)cc1. The summed E-state index contributed by atoms with van der Waals surface area (Å²) in [6, 6.07) is 8.32. The van der Waals surface area contributed by atoms with E-state index in [0.717, 1.165) is 12.1 Å². The van der Waals surface area contributed by atoms with Gasteiger partial charge in [0.25, 0.3) is 0 Å². The molecule has 32 heavy (non-hydrogen) atoms. The molecule has 0 radical (unpaired) electrons. The van der Waals surface area contributed by atoms with E-state index >= 15 is 0 Å². The standard InChI is InChI=1S/C23H24F2N2O4S/c1-15(2)31-17-3-5-18(6-4-17)32(29,30)27-10-9-16(13-27)19-14-26(11-12-28)23-21(25)8-7-20(24)22(19)23/h3-8,12,14-16H,9-11,13H2,1-2H3. The molecule has 1 fully saturated rings. The number of hydrogen-bond donors (Lipinski definition) is 0. The number of fused-ring (bicyclic) bond motifs is 1. The van der Waals surface area contributed by atoms with Gasteiger partial charge in [-0.3, -0.25) is 0 Å². The second-order valence-corrected chi connectivity index (χ2v) is 10.1. The maximum atomic E-state index is 14.6. The number of nitrogens with zero attached hydrogens (tertiary/aromatic N) is 2. The largest absolute Gasteiger partial charge is 0.491 e. The number of benzene rings is 2. The molecule has 4 rings (SSSR count). The number of sulfonamides is 1. The van der Waals surface area contributed by atoms with Crippen molar-refractivity contribution in [1.82, 2.24) is 8.87 Å². The van der Waals surface area contributed by atoms with Gasteiger partial charge in [0.1, 0.15) is 23.7 Å². The third kappa shape index (κ3) is 4.02. The highest BCUT2D eigenvalue weighted by Crippen LogP contribution is 2.38. The van der Waals surface area contributed by atoms with E-state index in [1.165, 1.54) is 21.0 Å². The molecule has 0 aliphatic carbocycles. The van der Waals surface area contributed by atoms with Crippen molar-refractivity contribution in [3.63, 3.8) is 0 Å². The summed E-state index contributed by atoms with van der Waals surface area (Å²) in [5.41, 5.74) is 0.534. The fraction of sp³-hybridized carbons (Fsp3) is 0.348. The van der Waals surface area contributed by atoms with Gasteiger partial charge in [-0.1, -0.05) is 0 Å². The molecule has 0 spiro atoms. The molecule has 0 amide bonds. The Kier molecular flexibility index (Phi) is 6.05. The molecule has 0 saturated carbocycles. The van der Waals surface area contributed by atoms with Gasteiger partial charge in [0, 0.05) is 30.6 Å². The summed E-state index contributed by atoms with van der Waals surface area (Å²) in [5.74, 6) is -0.956. The molecule has 2 heterocycles. The maximum Gasteiger partial charge on any atom is 0.243 e. The first-order valence-corrected chi connectivity index (χ1v) is 11.8. The molecule has 1 unspecified atom stereocenters. The van der Waals surface area contributed by atoms with Gasteiger partial charge in [0.05, 0.1) is 23.1 Å². The highest BCUT2D eigenvalue weighted by atomic mass is 32.2. The summed E-state index contributed by atoms with van der Waals surface area (Å²) in [4.78, 5) is 11.2. The highest BCUT2D eigenvalue weighted by Gasteiger charge is 2.35. The van der Waals surface area contributed by atoms with Crippen LogP contribution in [0.5, 0.6) is 5.75 Å². The van der Waals surface area contributed by atoms with Gasteiger partial charge >= 0.3 is 0 Å². The van der Waals surface area contributed by atoms with Gasteiger partial charge in [-0.05, 0) is 62.2 Å². The van der Waals surface area contributed by atoms with E-state index in [0.29, 0.717) is 24.0 Å². The van der Waals surface area contributed by atoms with E-state index in [4.69, 9.17) is 4.74 Å². The number of ether oxygens (including phenoxy) is 1. The number of rotatable bonds is 7. The summed E-state index contributed by atoms with van der Waals surface area (Å²) in [6.45, 7) is 4.05. The Labute approximate surface area is 185 Å². The summed E-state index contributed by atoms with van der Waals surface area (Å²) >= 11 is 0. The van der Waals surface area contributed by atoms with Gasteiger partial charge in [0.15, 0.2) is 0 Å². The zero-order valence-electron chi connectivity index (χ0n) is 17.8. The van der Waals surface area contributed by atoms with Crippen LogP contribution in [-0.4, -0.2) is 42.8 Å². The lowest BCUT2D eigenvalue weighted by Crippen LogP contribution is -2.28. The summed E-state index contributed by atoms with van der Waals surface area (Å²) in [5, 5.41) is 0.103. The molecule has 6 nitrogen and oxygen atoms in total. The summed E-state index contributed by atoms with van der Waals surface area (Å²) in [7, 11) is -3.75. The zero-order valence-corrected chi connectivity index (χ0v) is 18.6. The van der Waals surface area contributed by atoms with Crippen LogP contribution in [0.15, 0.2) is 47.5 Å². The third-order valence-electron chi connectivity index (χ3n) is 5.64. The Hall–Kier alpha value is -2.78. The van der Waals surface area contributed by atoms with Crippen molar-refractivity contribution in [3.05, 3.63) is 59.8 Å². The summed E-state index contributed by atoms with van der Waals surface area (Å²) in [6.07, 6.45) is 2.61. The van der Waals surface area contributed by atoms with Crippen molar-refractivity contribution in [2.24, 2.45) is 0 Å². The number of aromatic nitrogens is 1. The van der Waals surface area contributed by atoms with Crippen LogP contribution in [0, 0.1) is 11.6 Å². The second kappa shape index (κ2) is 8.63. The molecule has 0 N–H and O–H groups in total. The van der Waals surface area contributed by atoms with Gasteiger partial charge < -0.3 is 14.1 Å². The van der Waals surface area contributed by atoms with E-state index in [1.54, 1.807) is 18.3 Å². The number of carbonyl (C=O) groups excluding carboxylic acids is 1. The van der Waals surface area contributed by atoms with Crippen molar-refractivity contribution < 1.29 is 26.7 Å². The minimum Gasteiger partial charge on any atom is -0.491 e. The van der Waals surface area contributed by atoms with E-state index in [-0.39, 0.29) is 47.5 Å². The Bertz CT molecular complexity index is 1250. The molecule has 3 aromatic rings. The minimum atomic E-state index is -3.75. The lowest BCUT2D eigenvalue weighted by molar-refractivity contribution is -0.108. The van der Waals surface area contributed by atoms with E-state index in [2.05, 4.69) is 0 Å². The van der Waals surface area contributed by atoms with Crippen LogP contribution in [-0.2, 0) is 21.4 Å². The molecule has 170 valence electrons. The first-order valence-electron chi connectivity index (χ1n) is 10.4. The van der Waals surface area contributed by atoms with Crippen molar-refractivity contribution in [3.8, 4) is 5.75 Å². The Morgan fingerprint density at radius 3 is 2.47 bits per heavy atom.